The fraction of sp³-hybridized carbons (Fsp3) is 0.182. The summed E-state index contributed by atoms with van der Waals surface area (Å²) in [5.41, 5.74) is 4.31. The normalized spacial score (nSPS) is 11.8. The van der Waals surface area contributed by atoms with Crippen molar-refractivity contribution < 1.29 is 22.0 Å². The van der Waals surface area contributed by atoms with Gasteiger partial charge in [0, 0.05) is 6.54 Å². The van der Waals surface area contributed by atoms with E-state index in [4.69, 9.17) is 10.2 Å². The lowest BCUT2D eigenvalue weighted by molar-refractivity contribution is -0.137. The molecule has 0 saturated carbocycles. The highest BCUT2D eigenvalue weighted by Crippen LogP contribution is 2.33. The third kappa shape index (κ3) is 2.35. The van der Waals surface area contributed by atoms with Crippen LogP contribution in [0.5, 0.6) is 0 Å². The van der Waals surface area contributed by atoms with E-state index in [0.29, 0.717) is 17.8 Å². The summed E-state index contributed by atoms with van der Waals surface area (Å²) in [6.07, 6.45) is -3.37. The lowest BCUT2D eigenvalue weighted by Crippen LogP contribution is -2.05. The Labute approximate surface area is 99.2 Å². The summed E-state index contributed by atoms with van der Waals surface area (Å²) >= 11 is 0. The van der Waals surface area contributed by atoms with Gasteiger partial charge in [-0.1, -0.05) is 0 Å². The molecule has 7 heteroatoms. The summed E-state index contributed by atoms with van der Waals surface area (Å²) < 4.78 is 55.8. The minimum atomic E-state index is -4.55. The highest BCUT2D eigenvalue weighted by atomic mass is 19.4. The monoisotopic (exact) mass is 260 g/mol. The van der Waals surface area contributed by atoms with Gasteiger partial charge in [-0.2, -0.15) is 13.2 Å². The third-order valence-electron chi connectivity index (χ3n) is 2.28. The number of aromatic nitrogens is 1. The molecule has 2 N–H and O–H groups in total. The van der Waals surface area contributed by atoms with Gasteiger partial charge in [0.15, 0.2) is 0 Å². The fourth-order valence-corrected chi connectivity index (χ4v) is 1.39. The second-order valence-electron chi connectivity index (χ2n) is 3.54. The fourth-order valence-electron chi connectivity index (χ4n) is 1.39. The van der Waals surface area contributed by atoms with Crippen molar-refractivity contribution in [2.45, 2.75) is 12.7 Å². The molecule has 0 aliphatic heterocycles. The second kappa shape index (κ2) is 4.41. The van der Waals surface area contributed by atoms with Crippen molar-refractivity contribution in [1.29, 1.82) is 0 Å². The summed E-state index contributed by atoms with van der Waals surface area (Å²) in [4.78, 5) is 3.78. The van der Waals surface area contributed by atoms with E-state index in [9.17, 15) is 17.6 Å². The number of hydrogen-bond acceptors (Lipinski definition) is 3. The van der Waals surface area contributed by atoms with E-state index >= 15 is 0 Å². The van der Waals surface area contributed by atoms with Gasteiger partial charge in [-0.05, 0) is 18.2 Å². The van der Waals surface area contributed by atoms with Crippen LogP contribution in [0.1, 0.15) is 11.3 Å². The van der Waals surface area contributed by atoms with E-state index in [1.165, 1.54) is 6.26 Å². The molecule has 1 heterocycles. The van der Waals surface area contributed by atoms with Crippen LogP contribution in [-0.2, 0) is 12.7 Å². The Morgan fingerprint density at radius 3 is 2.56 bits per heavy atom. The zero-order valence-corrected chi connectivity index (χ0v) is 8.96. The Kier molecular flexibility index (Phi) is 3.08. The zero-order valence-electron chi connectivity index (χ0n) is 8.96. The van der Waals surface area contributed by atoms with E-state index in [2.05, 4.69) is 4.98 Å². The molecule has 0 saturated heterocycles. The van der Waals surface area contributed by atoms with Crippen molar-refractivity contribution in [3.8, 4) is 11.5 Å². The Hall–Kier alpha value is -1.89. The standard InChI is InChI=1S/C11H8F4N2O/c12-9-2-1-6(11(13,14)15)3-8(9)10-17-7(4-16)5-18-10/h1-3,5H,4,16H2. The number of nitrogens with two attached hydrogens (primary N) is 1. The molecule has 2 aromatic rings. The van der Waals surface area contributed by atoms with Gasteiger partial charge in [-0.25, -0.2) is 9.37 Å². The predicted molar refractivity (Wildman–Crippen MR) is 54.8 cm³/mol. The number of benzene rings is 1. The smallest absolute Gasteiger partial charge is 0.416 e. The molecule has 18 heavy (non-hydrogen) atoms. The highest BCUT2D eigenvalue weighted by molar-refractivity contribution is 5.56. The lowest BCUT2D eigenvalue weighted by Gasteiger charge is -2.07. The van der Waals surface area contributed by atoms with Gasteiger partial charge in [0.25, 0.3) is 0 Å². The molecular weight excluding hydrogens is 252 g/mol. The first-order valence-electron chi connectivity index (χ1n) is 4.93. The van der Waals surface area contributed by atoms with Crippen LogP contribution in [0.2, 0.25) is 0 Å². The topological polar surface area (TPSA) is 52.0 Å². The maximum absolute atomic E-state index is 13.5. The molecule has 0 aliphatic carbocycles. The van der Waals surface area contributed by atoms with Crippen molar-refractivity contribution in [2.75, 3.05) is 0 Å². The van der Waals surface area contributed by atoms with Crippen molar-refractivity contribution >= 4 is 0 Å². The summed E-state index contributed by atoms with van der Waals surface area (Å²) in [5, 5.41) is 0. The Morgan fingerprint density at radius 2 is 2.00 bits per heavy atom. The molecule has 2 rings (SSSR count). The maximum Gasteiger partial charge on any atom is 0.416 e. The molecule has 96 valence electrons. The zero-order chi connectivity index (χ0) is 13.3. The SMILES string of the molecule is NCc1coc(-c2cc(C(F)(F)F)ccc2F)n1. The van der Waals surface area contributed by atoms with Crippen molar-refractivity contribution in [1.82, 2.24) is 4.98 Å². The minimum Gasteiger partial charge on any atom is -0.444 e. The van der Waals surface area contributed by atoms with Crippen LogP contribution in [0.4, 0.5) is 17.6 Å². The maximum atomic E-state index is 13.5. The molecule has 0 radical (unpaired) electrons. The molecule has 0 fully saturated rings. The van der Waals surface area contributed by atoms with Gasteiger partial charge in [-0.15, -0.1) is 0 Å². The predicted octanol–water partition coefficient (Wildman–Crippen LogP) is 2.96. The second-order valence-corrected chi connectivity index (χ2v) is 3.54. The van der Waals surface area contributed by atoms with Crippen molar-refractivity contribution in [3.05, 3.63) is 41.5 Å². The van der Waals surface area contributed by atoms with Gasteiger partial charge in [0.05, 0.1) is 16.8 Å². The molecule has 0 amide bonds. The number of hydrogen-bond donors (Lipinski definition) is 1. The van der Waals surface area contributed by atoms with Gasteiger partial charge in [0.1, 0.15) is 12.1 Å². The largest absolute Gasteiger partial charge is 0.444 e. The van der Waals surface area contributed by atoms with Gasteiger partial charge < -0.3 is 10.2 Å². The van der Waals surface area contributed by atoms with E-state index in [-0.39, 0.29) is 18.0 Å². The summed E-state index contributed by atoms with van der Waals surface area (Å²) in [7, 11) is 0. The minimum absolute atomic E-state index is 0.0596. The molecular formula is C11H8F4N2O. The van der Waals surface area contributed by atoms with E-state index in [1.807, 2.05) is 0 Å². The summed E-state index contributed by atoms with van der Waals surface area (Å²) in [6.45, 7) is 0.0596. The first-order chi connectivity index (χ1) is 8.41. The van der Waals surface area contributed by atoms with Crippen molar-refractivity contribution in [3.63, 3.8) is 0 Å². The Bertz CT molecular complexity index is 562. The average Bonchev–Trinajstić information content (AvgIpc) is 2.76. The molecule has 0 spiro atoms. The first kappa shape index (κ1) is 12.6. The third-order valence-corrected chi connectivity index (χ3v) is 2.28. The summed E-state index contributed by atoms with van der Waals surface area (Å²) in [6, 6.07) is 2.04. The highest BCUT2D eigenvalue weighted by Gasteiger charge is 2.31. The van der Waals surface area contributed by atoms with Gasteiger partial charge in [0.2, 0.25) is 5.89 Å². The molecule has 3 nitrogen and oxygen atoms in total. The molecule has 0 unspecified atom stereocenters. The van der Waals surface area contributed by atoms with Crippen LogP contribution in [0.15, 0.2) is 28.9 Å². The molecule has 0 aliphatic rings. The summed E-state index contributed by atoms with van der Waals surface area (Å²) in [5.74, 6) is -1.06. The van der Waals surface area contributed by atoms with Crippen LogP contribution < -0.4 is 5.73 Å². The molecule has 0 atom stereocenters. The Morgan fingerprint density at radius 1 is 1.28 bits per heavy atom. The number of oxazole rings is 1. The Balaban J connectivity index is 2.49. The lowest BCUT2D eigenvalue weighted by atomic mass is 10.1. The molecule has 0 bridgehead atoms. The van der Waals surface area contributed by atoms with Gasteiger partial charge >= 0.3 is 6.18 Å². The quantitative estimate of drug-likeness (QED) is 0.844. The molecule has 1 aromatic heterocycles. The van der Waals surface area contributed by atoms with Crippen LogP contribution in [0.3, 0.4) is 0 Å². The van der Waals surface area contributed by atoms with Crippen LogP contribution in [-0.4, -0.2) is 4.98 Å². The first-order valence-corrected chi connectivity index (χ1v) is 4.93. The van der Waals surface area contributed by atoms with Crippen LogP contribution >= 0.6 is 0 Å². The number of rotatable bonds is 2. The average molecular weight is 260 g/mol. The van der Waals surface area contributed by atoms with Gasteiger partial charge in [-0.3, -0.25) is 0 Å². The molecule has 1 aromatic carbocycles. The van der Waals surface area contributed by atoms with Crippen LogP contribution in [0.25, 0.3) is 11.5 Å². The number of nitrogens with zero attached hydrogens (tertiary/aromatic N) is 1. The van der Waals surface area contributed by atoms with E-state index in [1.54, 1.807) is 0 Å². The van der Waals surface area contributed by atoms with Crippen molar-refractivity contribution in [2.24, 2.45) is 5.73 Å². The number of alkyl halides is 3. The van der Waals surface area contributed by atoms with E-state index < -0.39 is 17.6 Å². The van der Waals surface area contributed by atoms with E-state index in [0.717, 1.165) is 6.07 Å². The number of halogens is 4. The van der Waals surface area contributed by atoms with Crippen LogP contribution in [0, 0.1) is 5.82 Å².